The van der Waals surface area contributed by atoms with Crippen molar-refractivity contribution in [3.05, 3.63) is 70.0 Å². The molecule has 0 fully saturated rings. The van der Waals surface area contributed by atoms with Crippen LogP contribution in [0.5, 0.6) is 5.75 Å². The van der Waals surface area contributed by atoms with Crippen molar-refractivity contribution in [2.75, 3.05) is 12.4 Å². The molecule has 0 bridgehead atoms. The van der Waals surface area contributed by atoms with Crippen molar-refractivity contribution in [1.82, 2.24) is 9.55 Å². The SMILES string of the molecule is C=CCn1c(SC(C)C(=O)Nc2cc(C)ccc2OC)nc2cc(Cl)ccc2c1=O. The zero-order valence-electron chi connectivity index (χ0n) is 16.9. The van der Waals surface area contributed by atoms with Crippen molar-refractivity contribution in [2.45, 2.75) is 30.8 Å². The summed E-state index contributed by atoms with van der Waals surface area (Å²) in [6.45, 7) is 7.70. The number of hydrogen-bond donors (Lipinski definition) is 1. The van der Waals surface area contributed by atoms with E-state index in [4.69, 9.17) is 16.3 Å². The minimum Gasteiger partial charge on any atom is -0.495 e. The van der Waals surface area contributed by atoms with Crippen LogP contribution in [0, 0.1) is 6.92 Å². The van der Waals surface area contributed by atoms with Crippen LogP contribution in [0.1, 0.15) is 12.5 Å². The lowest BCUT2D eigenvalue weighted by Crippen LogP contribution is -2.27. The third kappa shape index (κ3) is 4.68. The van der Waals surface area contributed by atoms with E-state index in [0.717, 1.165) is 5.56 Å². The first-order valence-electron chi connectivity index (χ1n) is 9.27. The highest BCUT2D eigenvalue weighted by molar-refractivity contribution is 8.00. The lowest BCUT2D eigenvalue weighted by atomic mass is 10.2. The van der Waals surface area contributed by atoms with E-state index in [-0.39, 0.29) is 18.0 Å². The fourth-order valence-electron chi connectivity index (χ4n) is 2.92. The van der Waals surface area contributed by atoms with Gasteiger partial charge in [0, 0.05) is 11.6 Å². The van der Waals surface area contributed by atoms with E-state index in [1.807, 2.05) is 19.1 Å². The van der Waals surface area contributed by atoms with Gasteiger partial charge in [0.25, 0.3) is 5.56 Å². The van der Waals surface area contributed by atoms with Crippen LogP contribution in [-0.4, -0.2) is 27.8 Å². The Balaban J connectivity index is 1.92. The number of amides is 1. The van der Waals surface area contributed by atoms with Crippen LogP contribution in [0.15, 0.2) is 59.0 Å². The molecule has 1 aromatic heterocycles. The second-order valence-corrected chi connectivity index (χ2v) is 8.46. The highest BCUT2D eigenvalue weighted by Crippen LogP contribution is 2.28. The quantitative estimate of drug-likeness (QED) is 0.326. The van der Waals surface area contributed by atoms with Gasteiger partial charge in [0.05, 0.1) is 29.0 Å². The second kappa shape index (κ2) is 9.36. The van der Waals surface area contributed by atoms with Gasteiger partial charge in [-0.15, -0.1) is 6.58 Å². The molecule has 1 atom stereocenters. The van der Waals surface area contributed by atoms with E-state index >= 15 is 0 Å². The summed E-state index contributed by atoms with van der Waals surface area (Å²) in [6.07, 6.45) is 1.62. The van der Waals surface area contributed by atoms with Crippen LogP contribution in [0.2, 0.25) is 5.02 Å². The zero-order chi connectivity index (χ0) is 21.8. The summed E-state index contributed by atoms with van der Waals surface area (Å²) in [5.41, 5.74) is 1.88. The largest absolute Gasteiger partial charge is 0.495 e. The molecule has 156 valence electrons. The number of thioether (sulfide) groups is 1. The zero-order valence-corrected chi connectivity index (χ0v) is 18.5. The number of methoxy groups -OCH3 is 1. The Morgan fingerprint density at radius 2 is 2.13 bits per heavy atom. The van der Waals surface area contributed by atoms with Crippen molar-refractivity contribution in [3.8, 4) is 5.75 Å². The van der Waals surface area contributed by atoms with Gasteiger partial charge in [0.15, 0.2) is 5.16 Å². The molecule has 1 heterocycles. The number of anilines is 1. The smallest absolute Gasteiger partial charge is 0.262 e. The molecule has 0 aliphatic heterocycles. The van der Waals surface area contributed by atoms with E-state index in [1.165, 1.54) is 16.3 Å². The van der Waals surface area contributed by atoms with Gasteiger partial charge in [0.1, 0.15) is 5.75 Å². The molecule has 0 aliphatic rings. The second-order valence-electron chi connectivity index (χ2n) is 6.71. The summed E-state index contributed by atoms with van der Waals surface area (Å²) in [5, 5.41) is 3.75. The van der Waals surface area contributed by atoms with Crippen molar-refractivity contribution >= 4 is 45.9 Å². The average Bonchev–Trinajstić information content (AvgIpc) is 2.70. The summed E-state index contributed by atoms with van der Waals surface area (Å²) in [6, 6.07) is 10.5. The van der Waals surface area contributed by atoms with Crippen LogP contribution < -0.4 is 15.6 Å². The lowest BCUT2D eigenvalue weighted by molar-refractivity contribution is -0.115. The fraction of sp³-hybridized carbons (Fsp3) is 0.227. The number of aryl methyl sites for hydroxylation is 1. The topological polar surface area (TPSA) is 73.2 Å². The highest BCUT2D eigenvalue weighted by Gasteiger charge is 2.20. The Bertz CT molecular complexity index is 1180. The number of nitrogens with zero attached hydrogens (tertiary/aromatic N) is 2. The first-order valence-corrected chi connectivity index (χ1v) is 10.5. The molecule has 0 saturated heterocycles. The molecule has 3 rings (SSSR count). The van der Waals surface area contributed by atoms with Crippen LogP contribution in [0.4, 0.5) is 5.69 Å². The molecule has 0 saturated carbocycles. The van der Waals surface area contributed by atoms with Crippen LogP contribution in [0.25, 0.3) is 10.9 Å². The Labute approximate surface area is 183 Å². The number of carbonyl (C=O) groups excluding carboxylic acids is 1. The molecule has 1 amide bonds. The van der Waals surface area contributed by atoms with Crippen LogP contribution in [0.3, 0.4) is 0 Å². The van der Waals surface area contributed by atoms with E-state index < -0.39 is 5.25 Å². The van der Waals surface area contributed by atoms with Gasteiger partial charge in [0.2, 0.25) is 5.91 Å². The summed E-state index contributed by atoms with van der Waals surface area (Å²) in [7, 11) is 1.55. The van der Waals surface area contributed by atoms with Gasteiger partial charge in [-0.25, -0.2) is 4.98 Å². The van der Waals surface area contributed by atoms with E-state index in [2.05, 4.69) is 16.9 Å². The first-order chi connectivity index (χ1) is 14.3. The first kappa shape index (κ1) is 21.9. The third-order valence-electron chi connectivity index (χ3n) is 4.46. The van der Waals surface area contributed by atoms with Crippen LogP contribution in [-0.2, 0) is 11.3 Å². The number of nitrogens with one attached hydrogen (secondary N) is 1. The molecule has 0 spiro atoms. The molecule has 1 N–H and O–H groups in total. The number of benzene rings is 2. The Morgan fingerprint density at radius 3 is 2.83 bits per heavy atom. The number of hydrogen-bond acceptors (Lipinski definition) is 5. The number of halogens is 1. The van der Waals surface area contributed by atoms with Gasteiger partial charge in [-0.05, 0) is 49.7 Å². The molecule has 8 heteroatoms. The maximum atomic E-state index is 12.9. The minimum atomic E-state index is -0.519. The number of rotatable bonds is 7. The van der Waals surface area contributed by atoms with Gasteiger partial charge in [-0.2, -0.15) is 0 Å². The molecule has 6 nitrogen and oxygen atoms in total. The standard InChI is InChI=1S/C22H22ClN3O3S/c1-5-10-26-21(28)16-8-7-15(23)12-17(16)25-22(26)30-14(3)20(27)24-18-11-13(2)6-9-19(18)29-4/h5-9,11-12,14H,1,10H2,2-4H3,(H,24,27). The molecule has 30 heavy (non-hydrogen) atoms. The predicted molar refractivity (Wildman–Crippen MR) is 123 cm³/mol. The third-order valence-corrected chi connectivity index (χ3v) is 5.78. The van der Waals surface area contributed by atoms with E-state index in [0.29, 0.717) is 32.5 Å². The molecule has 1 unspecified atom stereocenters. The average molecular weight is 444 g/mol. The van der Waals surface area contributed by atoms with Crippen molar-refractivity contribution in [3.63, 3.8) is 0 Å². The van der Waals surface area contributed by atoms with Gasteiger partial charge in [-0.3, -0.25) is 14.2 Å². The maximum Gasteiger partial charge on any atom is 0.262 e. The van der Waals surface area contributed by atoms with Crippen molar-refractivity contribution < 1.29 is 9.53 Å². The molecule has 0 aliphatic carbocycles. The van der Waals surface area contributed by atoms with Gasteiger partial charge >= 0.3 is 0 Å². The van der Waals surface area contributed by atoms with Crippen molar-refractivity contribution in [2.24, 2.45) is 0 Å². The molecule has 3 aromatic rings. The molecular weight excluding hydrogens is 422 g/mol. The van der Waals surface area contributed by atoms with Crippen molar-refractivity contribution in [1.29, 1.82) is 0 Å². The fourth-order valence-corrected chi connectivity index (χ4v) is 4.00. The van der Waals surface area contributed by atoms with E-state index in [9.17, 15) is 9.59 Å². The Kier molecular flexibility index (Phi) is 6.84. The van der Waals surface area contributed by atoms with Gasteiger partial charge < -0.3 is 10.1 Å². The number of carbonyl (C=O) groups is 1. The summed E-state index contributed by atoms with van der Waals surface area (Å²) in [5.74, 6) is 0.350. The number of allylic oxidation sites excluding steroid dienone is 1. The molecule has 2 aromatic carbocycles. The summed E-state index contributed by atoms with van der Waals surface area (Å²) in [4.78, 5) is 30.3. The predicted octanol–water partition coefficient (Wildman–Crippen LogP) is 4.67. The number of fused-ring (bicyclic) bond motifs is 1. The van der Waals surface area contributed by atoms with E-state index in [1.54, 1.807) is 44.4 Å². The normalized spacial score (nSPS) is 11.9. The van der Waals surface area contributed by atoms with Gasteiger partial charge in [-0.1, -0.05) is 35.5 Å². The molecular formula is C22H22ClN3O3S. The summed E-state index contributed by atoms with van der Waals surface area (Å²) < 4.78 is 6.83. The Hall–Kier alpha value is -2.77. The number of ether oxygens (including phenoxy) is 1. The van der Waals surface area contributed by atoms with Crippen LogP contribution >= 0.6 is 23.4 Å². The monoisotopic (exact) mass is 443 g/mol. The lowest BCUT2D eigenvalue weighted by Gasteiger charge is -2.17. The number of aromatic nitrogens is 2. The minimum absolute atomic E-state index is 0.202. The molecule has 0 radical (unpaired) electrons. The maximum absolute atomic E-state index is 12.9. The Morgan fingerprint density at radius 1 is 1.37 bits per heavy atom. The highest BCUT2D eigenvalue weighted by atomic mass is 35.5. The summed E-state index contributed by atoms with van der Waals surface area (Å²) >= 11 is 7.26.